The van der Waals surface area contributed by atoms with Crippen molar-refractivity contribution >= 4 is 5.78 Å². The Labute approximate surface area is 124 Å². The van der Waals surface area contributed by atoms with Gasteiger partial charge in [-0.05, 0) is 54.4 Å². The normalized spacial score (nSPS) is 12.7. The van der Waals surface area contributed by atoms with Crippen molar-refractivity contribution in [2.45, 2.75) is 71.9 Å². The Morgan fingerprint density at radius 3 is 2.20 bits per heavy atom. The molecule has 0 aliphatic carbocycles. The van der Waals surface area contributed by atoms with Gasteiger partial charge in [-0.25, -0.2) is 0 Å². The molecule has 0 bridgehead atoms. The topological polar surface area (TPSA) is 47.6 Å². The average molecular weight is 287 g/mol. The zero-order valence-corrected chi connectivity index (χ0v) is 14.2. The van der Waals surface area contributed by atoms with Crippen LogP contribution in [0.5, 0.6) is 0 Å². The highest BCUT2D eigenvalue weighted by molar-refractivity contribution is 5.79. The van der Waals surface area contributed by atoms with Crippen LogP contribution in [0.25, 0.3) is 0 Å². The summed E-state index contributed by atoms with van der Waals surface area (Å²) >= 11 is 0. The quantitative estimate of drug-likeness (QED) is 0.628. The van der Waals surface area contributed by atoms with E-state index in [1.807, 2.05) is 20.8 Å². The van der Waals surface area contributed by atoms with Crippen molar-refractivity contribution in [2.24, 2.45) is 0 Å². The molecule has 0 saturated heterocycles. The number of carbonyl (C=O) groups excluding carboxylic acids is 1. The summed E-state index contributed by atoms with van der Waals surface area (Å²) in [6, 6.07) is 0. The SMILES string of the molecule is CC(C)(C)NCCOCCCCC(=O)COC(C)(C)C. The Morgan fingerprint density at radius 1 is 1.00 bits per heavy atom. The fourth-order valence-corrected chi connectivity index (χ4v) is 1.50. The van der Waals surface area contributed by atoms with Crippen LogP contribution in [0.3, 0.4) is 0 Å². The van der Waals surface area contributed by atoms with E-state index in [1.165, 1.54) is 0 Å². The molecule has 120 valence electrons. The molecule has 0 aliphatic rings. The van der Waals surface area contributed by atoms with Crippen LogP contribution in [0.4, 0.5) is 0 Å². The molecule has 0 rings (SSSR count). The fraction of sp³-hybridized carbons (Fsp3) is 0.938. The minimum atomic E-state index is -0.237. The van der Waals surface area contributed by atoms with E-state index in [-0.39, 0.29) is 23.5 Å². The van der Waals surface area contributed by atoms with Gasteiger partial charge in [-0.3, -0.25) is 4.79 Å². The number of carbonyl (C=O) groups is 1. The number of Topliss-reactive ketones (excluding diaryl/α,β-unsaturated/α-hetero) is 1. The molecular weight excluding hydrogens is 254 g/mol. The number of hydrogen-bond acceptors (Lipinski definition) is 4. The van der Waals surface area contributed by atoms with Crippen molar-refractivity contribution in [1.82, 2.24) is 5.32 Å². The molecule has 0 heterocycles. The van der Waals surface area contributed by atoms with E-state index >= 15 is 0 Å². The lowest BCUT2D eigenvalue weighted by atomic mass is 10.1. The molecule has 0 aromatic heterocycles. The Hall–Kier alpha value is -0.450. The first-order valence-electron chi connectivity index (χ1n) is 7.58. The second-order valence-electron chi connectivity index (χ2n) is 7.19. The second kappa shape index (κ2) is 9.48. The number of ether oxygens (including phenoxy) is 2. The average Bonchev–Trinajstić information content (AvgIpc) is 2.27. The van der Waals surface area contributed by atoms with Crippen molar-refractivity contribution in [2.75, 3.05) is 26.4 Å². The van der Waals surface area contributed by atoms with Gasteiger partial charge in [0.2, 0.25) is 0 Å². The summed E-state index contributed by atoms with van der Waals surface area (Å²) in [7, 11) is 0. The lowest BCUT2D eigenvalue weighted by Crippen LogP contribution is -2.38. The highest BCUT2D eigenvalue weighted by atomic mass is 16.5. The zero-order chi connectivity index (χ0) is 15.6. The van der Waals surface area contributed by atoms with Gasteiger partial charge in [0.25, 0.3) is 0 Å². The van der Waals surface area contributed by atoms with Crippen LogP contribution in [0.1, 0.15) is 60.8 Å². The molecule has 0 aromatic rings. The van der Waals surface area contributed by atoms with E-state index in [0.717, 1.165) is 32.6 Å². The van der Waals surface area contributed by atoms with Crippen LogP contribution in [-0.4, -0.2) is 43.3 Å². The number of nitrogens with one attached hydrogen (secondary N) is 1. The van der Waals surface area contributed by atoms with Crippen LogP contribution in [0.2, 0.25) is 0 Å². The van der Waals surface area contributed by atoms with Gasteiger partial charge in [0.15, 0.2) is 5.78 Å². The predicted molar refractivity (Wildman–Crippen MR) is 83.1 cm³/mol. The highest BCUT2D eigenvalue weighted by Gasteiger charge is 2.12. The maximum Gasteiger partial charge on any atom is 0.158 e. The molecule has 0 amide bonds. The fourth-order valence-electron chi connectivity index (χ4n) is 1.50. The standard InChI is InChI=1S/C16H33NO3/c1-15(2,3)17-10-12-19-11-8-7-9-14(18)13-20-16(4,5)6/h17H,7-13H2,1-6H3. The van der Waals surface area contributed by atoms with Crippen molar-refractivity contribution in [3.05, 3.63) is 0 Å². The summed E-state index contributed by atoms with van der Waals surface area (Å²) in [5.41, 5.74) is -0.0956. The van der Waals surface area contributed by atoms with Crippen LogP contribution >= 0.6 is 0 Å². The molecule has 0 fully saturated rings. The van der Waals surface area contributed by atoms with E-state index < -0.39 is 0 Å². The molecule has 20 heavy (non-hydrogen) atoms. The summed E-state index contributed by atoms with van der Waals surface area (Å²) in [6.07, 6.45) is 2.38. The van der Waals surface area contributed by atoms with Gasteiger partial charge >= 0.3 is 0 Å². The zero-order valence-electron chi connectivity index (χ0n) is 14.2. The maximum atomic E-state index is 11.6. The van der Waals surface area contributed by atoms with E-state index in [9.17, 15) is 4.79 Å². The van der Waals surface area contributed by atoms with E-state index in [2.05, 4.69) is 26.1 Å². The molecule has 0 spiro atoms. The highest BCUT2D eigenvalue weighted by Crippen LogP contribution is 2.07. The van der Waals surface area contributed by atoms with Crippen molar-refractivity contribution in [3.8, 4) is 0 Å². The smallest absolute Gasteiger partial charge is 0.158 e. The van der Waals surface area contributed by atoms with Crippen LogP contribution in [-0.2, 0) is 14.3 Å². The summed E-state index contributed by atoms with van der Waals surface area (Å²) in [4.78, 5) is 11.6. The summed E-state index contributed by atoms with van der Waals surface area (Å²) in [5, 5.41) is 3.37. The minimum absolute atomic E-state index is 0.142. The van der Waals surface area contributed by atoms with Gasteiger partial charge in [-0.1, -0.05) is 0 Å². The maximum absolute atomic E-state index is 11.6. The minimum Gasteiger partial charge on any atom is -0.380 e. The van der Waals surface area contributed by atoms with Gasteiger partial charge < -0.3 is 14.8 Å². The predicted octanol–water partition coefficient (Wildman–Crippen LogP) is 2.95. The monoisotopic (exact) mass is 287 g/mol. The third-order valence-electron chi connectivity index (χ3n) is 2.56. The number of rotatable bonds is 10. The third-order valence-corrected chi connectivity index (χ3v) is 2.56. The Bertz CT molecular complexity index is 264. The second-order valence-corrected chi connectivity index (χ2v) is 7.19. The van der Waals surface area contributed by atoms with Crippen LogP contribution < -0.4 is 5.32 Å². The molecule has 0 aromatic carbocycles. The van der Waals surface area contributed by atoms with Gasteiger partial charge in [0, 0.05) is 25.1 Å². The first kappa shape index (κ1) is 19.6. The van der Waals surface area contributed by atoms with Crippen LogP contribution in [0, 0.1) is 0 Å². The molecule has 4 nitrogen and oxygen atoms in total. The largest absolute Gasteiger partial charge is 0.380 e. The molecular formula is C16H33NO3. The number of ketones is 1. The summed E-state index contributed by atoms with van der Waals surface area (Å²) < 4.78 is 11.0. The van der Waals surface area contributed by atoms with Crippen molar-refractivity contribution in [3.63, 3.8) is 0 Å². The van der Waals surface area contributed by atoms with Gasteiger partial charge in [-0.2, -0.15) is 0 Å². The molecule has 4 heteroatoms. The number of hydrogen-bond donors (Lipinski definition) is 1. The molecule has 0 unspecified atom stereocenters. The van der Waals surface area contributed by atoms with E-state index in [1.54, 1.807) is 0 Å². The van der Waals surface area contributed by atoms with Crippen molar-refractivity contribution in [1.29, 1.82) is 0 Å². The first-order chi connectivity index (χ1) is 9.10. The molecule has 1 N–H and O–H groups in total. The van der Waals surface area contributed by atoms with Gasteiger partial charge in [-0.15, -0.1) is 0 Å². The molecule has 0 atom stereocenters. The first-order valence-corrected chi connectivity index (χ1v) is 7.58. The summed E-state index contributed by atoms with van der Waals surface area (Å²) in [6.45, 7) is 14.8. The number of unbranched alkanes of at least 4 members (excludes halogenated alkanes) is 1. The molecule has 0 radical (unpaired) electrons. The third kappa shape index (κ3) is 15.6. The van der Waals surface area contributed by atoms with Gasteiger partial charge in [0.1, 0.15) is 6.61 Å². The Balaban J connectivity index is 3.34. The lowest BCUT2D eigenvalue weighted by Gasteiger charge is -2.20. The molecule has 0 saturated carbocycles. The van der Waals surface area contributed by atoms with Gasteiger partial charge in [0.05, 0.1) is 12.2 Å². The van der Waals surface area contributed by atoms with E-state index in [0.29, 0.717) is 6.42 Å². The Morgan fingerprint density at radius 2 is 1.65 bits per heavy atom. The Kier molecular flexibility index (Phi) is 9.27. The molecule has 0 aliphatic heterocycles. The van der Waals surface area contributed by atoms with Crippen molar-refractivity contribution < 1.29 is 14.3 Å². The summed E-state index contributed by atoms with van der Waals surface area (Å²) in [5.74, 6) is 0.175. The van der Waals surface area contributed by atoms with Crippen LogP contribution in [0.15, 0.2) is 0 Å². The lowest BCUT2D eigenvalue weighted by molar-refractivity contribution is -0.128. The van der Waals surface area contributed by atoms with E-state index in [4.69, 9.17) is 9.47 Å².